The zero-order chi connectivity index (χ0) is 15.1. The molecule has 2 aliphatic heterocycles. The summed E-state index contributed by atoms with van der Waals surface area (Å²) in [5.74, 6) is 1.12. The highest BCUT2D eigenvalue weighted by molar-refractivity contribution is 5.83. The van der Waals surface area contributed by atoms with E-state index >= 15 is 0 Å². The Kier molecular flexibility index (Phi) is 3.84. The molecule has 6 nitrogen and oxygen atoms in total. The number of hydrogen-bond acceptors (Lipinski definition) is 4. The third-order valence-corrected chi connectivity index (χ3v) is 4.61. The van der Waals surface area contributed by atoms with Gasteiger partial charge in [-0.15, -0.1) is 0 Å². The average molecular weight is 282 g/mol. The number of nitrogens with one attached hydrogen (secondary N) is 1. The number of fused-ring (bicyclic) bond motifs is 1. The highest BCUT2D eigenvalue weighted by Crippen LogP contribution is 2.39. The zero-order valence-corrected chi connectivity index (χ0v) is 13.1. The van der Waals surface area contributed by atoms with Crippen molar-refractivity contribution in [1.29, 1.82) is 0 Å². The summed E-state index contributed by atoms with van der Waals surface area (Å²) in [4.78, 5) is 19.9. The number of guanidine groups is 1. The second kappa shape index (κ2) is 5.14. The standard InChI is InChI=1S/C14H26N4O2/c1-6-14-10(15-12(16-14)17(4)5)7-8-18(13(19)20)11(14)9(2)3/h9-11H,6-8H2,1-5H3,(H,15,16)(H,19,20)/t10?,11?,14-/m0/s1. The molecule has 1 fully saturated rings. The number of nitrogens with zero attached hydrogens (tertiary/aromatic N) is 3. The summed E-state index contributed by atoms with van der Waals surface area (Å²) in [7, 11) is 3.93. The Labute approximate surface area is 120 Å². The van der Waals surface area contributed by atoms with Gasteiger partial charge in [0.1, 0.15) is 0 Å². The molecule has 6 heteroatoms. The van der Waals surface area contributed by atoms with Crippen molar-refractivity contribution in [1.82, 2.24) is 15.1 Å². The molecule has 0 aromatic rings. The van der Waals surface area contributed by atoms with Crippen LogP contribution in [0.2, 0.25) is 0 Å². The van der Waals surface area contributed by atoms with Crippen molar-refractivity contribution in [2.75, 3.05) is 20.6 Å². The van der Waals surface area contributed by atoms with E-state index in [0.29, 0.717) is 6.54 Å². The smallest absolute Gasteiger partial charge is 0.407 e. The van der Waals surface area contributed by atoms with Crippen LogP contribution in [0.4, 0.5) is 4.79 Å². The summed E-state index contributed by atoms with van der Waals surface area (Å²) < 4.78 is 0. The number of rotatable bonds is 2. The van der Waals surface area contributed by atoms with E-state index in [1.165, 1.54) is 0 Å². The Morgan fingerprint density at radius 2 is 2.25 bits per heavy atom. The van der Waals surface area contributed by atoms with Gasteiger partial charge in [0, 0.05) is 20.6 Å². The van der Waals surface area contributed by atoms with Crippen molar-refractivity contribution < 1.29 is 9.90 Å². The average Bonchev–Trinajstić information content (AvgIpc) is 2.76. The van der Waals surface area contributed by atoms with E-state index in [1.807, 2.05) is 19.0 Å². The van der Waals surface area contributed by atoms with Gasteiger partial charge in [-0.1, -0.05) is 20.8 Å². The fourth-order valence-electron chi connectivity index (χ4n) is 3.79. The molecule has 114 valence electrons. The van der Waals surface area contributed by atoms with E-state index in [2.05, 4.69) is 26.1 Å². The number of amides is 1. The SMILES string of the molecule is CC[C@]12NC(N(C)C)=NC1CCN(C(=O)O)C2C(C)C. The van der Waals surface area contributed by atoms with Crippen molar-refractivity contribution in [3.63, 3.8) is 0 Å². The molecule has 1 amide bonds. The molecule has 0 aromatic heterocycles. The van der Waals surface area contributed by atoms with Crippen LogP contribution in [0.15, 0.2) is 4.99 Å². The van der Waals surface area contributed by atoms with E-state index in [1.54, 1.807) is 4.90 Å². The van der Waals surface area contributed by atoms with Crippen LogP contribution in [0.3, 0.4) is 0 Å². The van der Waals surface area contributed by atoms with Gasteiger partial charge in [0.05, 0.1) is 17.6 Å². The Morgan fingerprint density at radius 1 is 1.60 bits per heavy atom. The maximum Gasteiger partial charge on any atom is 0.407 e. The van der Waals surface area contributed by atoms with Gasteiger partial charge in [-0.25, -0.2) is 9.79 Å². The van der Waals surface area contributed by atoms with Gasteiger partial charge in [-0.2, -0.15) is 0 Å². The second-order valence-corrected chi connectivity index (χ2v) is 6.34. The lowest BCUT2D eigenvalue weighted by molar-refractivity contribution is 0.0248. The first-order valence-electron chi connectivity index (χ1n) is 7.36. The van der Waals surface area contributed by atoms with Gasteiger partial charge in [-0.3, -0.25) is 0 Å². The predicted octanol–water partition coefficient (Wildman–Crippen LogP) is 1.43. The predicted molar refractivity (Wildman–Crippen MR) is 79.0 cm³/mol. The molecule has 0 bridgehead atoms. The van der Waals surface area contributed by atoms with Crippen LogP contribution in [-0.4, -0.2) is 65.2 Å². The molecular weight excluding hydrogens is 256 g/mol. The first kappa shape index (κ1) is 14.9. The molecule has 2 unspecified atom stereocenters. The van der Waals surface area contributed by atoms with Gasteiger partial charge in [0.25, 0.3) is 0 Å². The molecule has 0 saturated carbocycles. The summed E-state index contributed by atoms with van der Waals surface area (Å²) in [6.45, 7) is 6.87. The molecule has 2 rings (SSSR count). The minimum absolute atomic E-state index is 0.0510. The molecule has 2 N–H and O–H groups in total. The monoisotopic (exact) mass is 282 g/mol. The Morgan fingerprint density at radius 3 is 2.70 bits per heavy atom. The van der Waals surface area contributed by atoms with E-state index in [4.69, 9.17) is 4.99 Å². The van der Waals surface area contributed by atoms with E-state index in [-0.39, 0.29) is 23.5 Å². The lowest BCUT2D eigenvalue weighted by Crippen LogP contribution is -2.70. The Bertz CT molecular complexity index is 421. The number of hydrogen-bond donors (Lipinski definition) is 2. The Balaban J connectivity index is 2.40. The number of aliphatic imine (C=N–C) groups is 1. The largest absolute Gasteiger partial charge is 0.465 e. The first-order chi connectivity index (χ1) is 9.33. The van der Waals surface area contributed by atoms with Crippen LogP contribution in [0.5, 0.6) is 0 Å². The van der Waals surface area contributed by atoms with Crippen molar-refractivity contribution in [2.24, 2.45) is 10.9 Å². The van der Waals surface area contributed by atoms with Crippen molar-refractivity contribution >= 4 is 12.1 Å². The van der Waals surface area contributed by atoms with Crippen LogP contribution in [-0.2, 0) is 0 Å². The van der Waals surface area contributed by atoms with Crippen LogP contribution in [0, 0.1) is 5.92 Å². The summed E-state index contributed by atoms with van der Waals surface area (Å²) in [6.07, 6.45) is 0.828. The molecule has 0 radical (unpaired) electrons. The molecule has 20 heavy (non-hydrogen) atoms. The van der Waals surface area contributed by atoms with Gasteiger partial charge in [-0.05, 0) is 18.8 Å². The van der Waals surface area contributed by atoms with Crippen molar-refractivity contribution in [3.05, 3.63) is 0 Å². The molecule has 2 aliphatic rings. The minimum Gasteiger partial charge on any atom is -0.465 e. The van der Waals surface area contributed by atoms with Gasteiger partial charge in [0.2, 0.25) is 0 Å². The third kappa shape index (κ3) is 2.11. The summed E-state index contributed by atoms with van der Waals surface area (Å²) in [5, 5.41) is 13.1. The van der Waals surface area contributed by atoms with Crippen LogP contribution in [0.25, 0.3) is 0 Å². The lowest BCUT2D eigenvalue weighted by atomic mass is 9.72. The third-order valence-electron chi connectivity index (χ3n) is 4.61. The fraction of sp³-hybridized carbons (Fsp3) is 0.857. The first-order valence-corrected chi connectivity index (χ1v) is 7.36. The van der Waals surface area contributed by atoms with Crippen molar-refractivity contribution in [3.8, 4) is 0 Å². The van der Waals surface area contributed by atoms with Gasteiger partial charge >= 0.3 is 6.09 Å². The zero-order valence-electron chi connectivity index (χ0n) is 13.1. The van der Waals surface area contributed by atoms with Crippen molar-refractivity contribution in [2.45, 2.75) is 51.2 Å². The van der Waals surface area contributed by atoms with Gasteiger partial charge < -0.3 is 20.2 Å². The highest BCUT2D eigenvalue weighted by Gasteiger charge is 2.55. The summed E-state index contributed by atoms with van der Waals surface area (Å²) in [6, 6.07) is 0.109. The van der Waals surface area contributed by atoms with Crippen LogP contribution < -0.4 is 5.32 Å². The minimum atomic E-state index is -0.824. The molecule has 0 aromatic carbocycles. The molecule has 1 saturated heterocycles. The summed E-state index contributed by atoms with van der Waals surface area (Å²) >= 11 is 0. The highest BCUT2D eigenvalue weighted by atomic mass is 16.4. The molecule has 2 heterocycles. The van der Waals surface area contributed by atoms with Crippen LogP contribution in [0.1, 0.15) is 33.6 Å². The number of carbonyl (C=O) groups is 1. The number of carboxylic acid groups (broad SMARTS) is 1. The number of likely N-dealkylation sites (tertiary alicyclic amines) is 1. The van der Waals surface area contributed by atoms with E-state index < -0.39 is 6.09 Å². The van der Waals surface area contributed by atoms with E-state index in [9.17, 15) is 9.90 Å². The molecule has 0 aliphatic carbocycles. The normalized spacial score (nSPS) is 32.7. The van der Waals surface area contributed by atoms with Gasteiger partial charge in [0.15, 0.2) is 5.96 Å². The fourth-order valence-corrected chi connectivity index (χ4v) is 3.79. The second-order valence-electron chi connectivity index (χ2n) is 6.34. The number of piperidine rings is 1. The quantitative estimate of drug-likeness (QED) is 0.804. The topological polar surface area (TPSA) is 68.2 Å². The van der Waals surface area contributed by atoms with E-state index in [0.717, 1.165) is 18.8 Å². The summed E-state index contributed by atoms with van der Waals surface area (Å²) in [5.41, 5.74) is -0.273. The molecule has 0 spiro atoms. The molecular formula is C14H26N4O2. The van der Waals surface area contributed by atoms with Crippen LogP contribution >= 0.6 is 0 Å². The Hall–Kier alpha value is -1.46. The maximum atomic E-state index is 11.6. The molecule has 3 atom stereocenters. The lowest BCUT2D eigenvalue weighted by Gasteiger charge is -2.51. The maximum absolute atomic E-state index is 11.6.